The fourth-order valence-corrected chi connectivity index (χ4v) is 7.25. The number of nitrogens with zero attached hydrogens (tertiary/aromatic N) is 1. The van der Waals surface area contributed by atoms with Crippen molar-refractivity contribution in [1.82, 2.24) is 0 Å². The number of sulfonamides is 1. The van der Waals surface area contributed by atoms with Crippen molar-refractivity contribution in [2.75, 3.05) is 36.5 Å². The van der Waals surface area contributed by atoms with Gasteiger partial charge in [0.1, 0.15) is 16.3 Å². The molecular weight excluding hydrogens is 556 g/mol. The normalized spacial score (nSPS) is 12.6. The predicted molar refractivity (Wildman–Crippen MR) is 151 cm³/mol. The van der Waals surface area contributed by atoms with Crippen molar-refractivity contribution in [3.8, 4) is 5.75 Å². The van der Waals surface area contributed by atoms with Crippen molar-refractivity contribution in [3.05, 3.63) is 69.6 Å². The number of rotatable bonds is 10. The van der Waals surface area contributed by atoms with Crippen LogP contribution in [-0.2, 0) is 37.1 Å². The zero-order chi connectivity index (χ0) is 29.0. The number of hydrogen-bond donors (Lipinski definition) is 1. The molecule has 12 heteroatoms. The van der Waals surface area contributed by atoms with E-state index in [1.165, 1.54) is 41.0 Å². The molecule has 0 spiro atoms. The van der Waals surface area contributed by atoms with E-state index >= 15 is 0 Å². The second-order valence-electron chi connectivity index (χ2n) is 8.86. The van der Waals surface area contributed by atoms with Gasteiger partial charge in [-0.05, 0) is 62.1 Å². The zero-order valence-corrected chi connectivity index (χ0v) is 24.2. The molecule has 212 valence electrons. The van der Waals surface area contributed by atoms with Crippen molar-refractivity contribution >= 4 is 49.9 Å². The van der Waals surface area contributed by atoms with E-state index in [1.54, 1.807) is 19.1 Å². The number of anilines is 2. The van der Waals surface area contributed by atoms with Crippen LogP contribution in [0, 0.1) is 6.92 Å². The van der Waals surface area contributed by atoms with Crippen molar-refractivity contribution in [2.45, 2.75) is 38.5 Å². The Morgan fingerprint density at radius 2 is 1.80 bits per heavy atom. The van der Waals surface area contributed by atoms with E-state index in [0.29, 0.717) is 23.5 Å². The Balaban J connectivity index is 1.51. The molecule has 2 aromatic carbocycles. The maximum Gasteiger partial charge on any atom is 0.342 e. The van der Waals surface area contributed by atoms with E-state index in [-0.39, 0.29) is 34.9 Å². The molecule has 0 saturated heterocycles. The molecule has 0 fully saturated rings. The van der Waals surface area contributed by atoms with Gasteiger partial charge >= 0.3 is 11.9 Å². The average molecular weight is 587 g/mol. The molecule has 10 nitrogen and oxygen atoms in total. The molecule has 0 unspecified atom stereocenters. The Morgan fingerprint density at radius 1 is 1.05 bits per heavy atom. The van der Waals surface area contributed by atoms with Crippen LogP contribution < -0.4 is 14.4 Å². The van der Waals surface area contributed by atoms with Gasteiger partial charge in [0.25, 0.3) is 15.9 Å². The second-order valence-corrected chi connectivity index (χ2v) is 11.9. The van der Waals surface area contributed by atoms with Crippen LogP contribution in [0.2, 0.25) is 0 Å². The zero-order valence-electron chi connectivity index (χ0n) is 22.6. The molecule has 0 bridgehead atoms. The summed E-state index contributed by atoms with van der Waals surface area (Å²) in [5.74, 6) is -2.05. The van der Waals surface area contributed by atoms with Gasteiger partial charge in [0.15, 0.2) is 6.61 Å². The number of hydrogen-bond acceptors (Lipinski definition) is 9. The first-order chi connectivity index (χ1) is 19.1. The fraction of sp³-hybridized carbons (Fsp3) is 0.321. The molecule has 0 atom stereocenters. The standard InChI is InChI=1S/C28H30N2O8S2/c1-5-20-17(3)39-26(25(20)28(33)37-6-2)29-24(31)16-38-27(32)21-15-19(11-12-23(21)36-4)40(34,35)30-14-13-18-9-7-8-10-22(18)30/h7-12,15H,5-6,13-14,16H2,1-4H3,(H,29,31). The molecule has 1 N–H and O–H groups in total. The third-order valence-corrected chi connectivity index (χ3v) is 9.32. The first kappa shape index (κ1) is 29.1. The van der Waals surface area contributed by atoms with Gasteiger partial charge in [-0.2, -0.15) is 0 Å². The highest BCUT2D eigenvalue weighted by atomic mass is 32.2. The lowest BCUT2D eigenvalue weighted by atomic mass is 10.1. The van der Waals surface area contributed by atoms with E-state index in [9.17, 15) is 22.8 Å². The Labute approximate surface area is 236 Å². The van der Waals surface area contributed by atoms with Crippen molar-refractivity contribution in [2.24, 2.45) is 0 Å². The molecule has 40 heavy (non-hydrogen) atoms. The lowest BCUT2D eigenvalue weighted by Gasteiger charge is -2.20. The molecular formula is C28H30N2O8S2. The summed E-state index contributed by atoms with van der Waals surface area (Å²) in [4.78, 5) is 38.9. The number of amides is 1. The van der Waals surface area contributed by atoms with E-state index in [0.717, 1.165) is 16.0 Å². The molecule has 2 heterocycles. The van der Waals surface area contributed by atoms with Gasteiger partial charge in [-0.3, -0.25) is 9.10 Å². The van der Waals surface area contributed by atoms with Gasteiger partial charge in [0, 0.05) is 11.4 Å². The lowest BCUT2D eigenvalue weighted by Crippen LogP contribution is -2.29. The van der Waals surface area contributed by atoms with E-state index in [4.69, 9.17) is 14.2 Å². The molecule has 0 aliphatic carbocycles. The minimum Gasteiger partial charge on any atom is -0.496 e. The number of esters is 2. The van der Waals surface area contributed by atoms with E-state index in [2.05, 4.69) is 5.32 Å². The summed E-state index contributed by atoms with van der Waals surface area (Å²) in [6, 6.07) is 11.2. The summed E-state index contributed by atoms with van der Waals surface area (Å²) in [5, 5.41) is 2.94. The molecule has 3 aromatic rings. The number of carbonyl (C=O) groups excluding carboxylic acids is 3. The number of carbonyl (C=O) groups is 3. The Hall–Kier alpha value is -3.90. The van der Waals surface area contributed by atoms with Crippen molar-refractivity contribution in [3.63, 3.8) is 0 Å². The number of nitrogens with one attached hydrogen (secondary N) is 1. The number of para-hydroxylation sites is 1. The largest absolute Gasteiger partial charge is 0.496 e. The smallest absolute Gasteiger partial charge is 0.342 e. The van der Waals surface area contributed by atoms with Gasteiger partial charge in [-0.1, -0.05) is 25.1 Å². The Morgan fingerprint density at radius 3 is 2.50 bits per heavy atom. The van der Waals surface area contributed by atoms with Gasteiger partial charge < -0.3 is 19.5 Å². The van der Waals surface area contributed by atoms with Crippen LogP contribution in [0.1, 0.15) is 50.6 Å². The van der Waals surface area contributed by atoms with Crippen molar-refractivity contribution < 1.29 is 37.0 Å². The van der Waals surface area contributed by atoms with Crippen molar-refractivity contribution in [1.29, 1.82) is 0 Å². The first-order valence-corrected chi connectivity index (χ1v) is 14.9. The van der Waals surface area contributed by atoms with E-state index in [1.807, 2.05) is 26.0 Å². The van der Waals surface area contributed by atoms with Crippen LogP contribution in [-0.4, -0.2) is 53.1 Å². The number of thiophene rings is 1. The van der Waals surface area contributed by atoms with Gasteiger partial charge in [0.05, 0.1) is 29.9 Å². The quantitative estimate of drug-likeness (QED) is 0.347. The third-order valence-electron chi connectivity index (χ3n) is 6.45. The summed E-state index contributed by atoms with van der Waals surface area (Å²) in [6.45, 7) is 5.23. The summed E-state index contributed by atoms with van der Waals surface area (Å²) in [6.07, 6.45) is 1.15. The Bertz CT molecular complexity index is 1560. The maximum atomic E-state index is 13.5. The first-order valence-electron chi connectivity index (χ1n) is 12.7. The molecule has 1 aliphatic heterocycles. The molecule has 1 aliphatic rings. The highest BCUT2D eigenvalue weighted by molar-refractivity contribution is 7.92. The fourth-order valence-electron chi connectivity index (χ4n) is 4.58. The predicted octanol–water partition coefficient (Wildman–Crippen LogP) is 4.35. The van der Waals surface area contributed by atoms with Crippen LogP contribution in [0.25, 0.3) is 0 Å². The SMILES string of the molecule is CCOC(=O)c1c(NC(=O)COC(=O)c2cc(S(=O)(=O)N3CCc4ccccc43)ccc2OC)sc(C)c1CC. The summed E-state index contributed by atoms with van der Waals surface area (Å²) < 4.78 is 43.8. The molecule has 1 aromatic heterocycles. The van der Waals surface area contributed by atoms with Crippen LogP contribution in [0.15, 0.2) is 47.4 Å². The number of benzene rings is 2. The molecule has 0 radical (unpaired) electrons. The monoisotopic (exact) mass is 586 g/mol. The van der Waals surface area contributed by atoms with Gasteiger partial charge in [0.2, 0.25) is 0 Å². The highest BCUT2D eigenvalue weighted by Gasteiger charge is 2.32. The Kier molecular flexibility index (Phi) is 8.79. The lowest BCUT2D eigenvalue weighted by molar-refractivity contribution is -0.119. The van der Waals surface area contributed by atoms with Crippen LogP contribution in [0.5, 0.6) is 5.75 Å². The topological polar surface area (TPSA) is 128 Å². The number of aryl methyl sites for hydroxylation is 1. The van der Waals surface area contributed by atoms with Crippen LogP contribution >= 0.6 is 11.3 Å². The number of fused-ring (bicyclic) bond motifs is 1. The van der Waals surface area contributed by atoms with E-state index < -0.39 is 34.5 Å². The van der Waals surface area contributed by atoms with Crippen LogP contribution in [0.4, 0.5) is 10.7 Å². The molecule has 1 amide bonds. The summed E-state index contributed by atoms with van der Waals surface area (Å²) >= 11 is 1.23. The molecule has 4 rings (SSSR count). The maximum absolute atomic E-state index is 13.5. The average Bonchev–Trinajstić information content (AvgIpc) is 3.52. The minimum atomic E-state index is -3.98. The second kappa shape index (κ2) is 12.1. The van der Waals surface area contributed by atoms with Gasteiger partial charge in [-0.15, -0.1) is 11.3 Å². The number of methoxy groups -OCH3 is 1. The summed E-state index contributed by atoms with van der Waals surface area (Å²) in [7, 11) is -2.64. The van der Waals surface area contributed by atoms with Crippen LogP contribution in [0.3, 0.4) is 0 Å². The number of ether oxygens (including phenoxy) is 3. The highest BCUT2D eigenvalue weighted by Crippen LogP contribution is 2.35. The summed E-state index contributed by atoms with van der Waals surface area (Å²) in [5.41, 5.74) is 2.43. The van der Waals surface area contributed by atoms with Gasteiger partial charge in [-0.25, -0.2) is 18.0 Å². The third kappa shape index (κ3) is 5.68. The minimum absolute atomic E-state index is 0.0947. The molecule has 0 saturated carbocycles.